The first-order valence-electron chi connectivity index (χ1n) is 11.8. The van der Waals surface area contributed by atoms with Gasteiger partial charge in [-0.05, 0) is 61.2 Å². The zero-order valence-corrected chi connectivity index (χ0v) is 21.1. The highest BCUT2D eigenvalue weighted by molar-refractivity contribution is 7.09. The second-order valence-electron chi connectivity index (χ2n) is 8.49. The number of nitrogens with one attached hydrogen (secondary N) is 3. The molecule has 0 aliphatic heterocycles. The number of thiazole rings is 1. The highest BCUT2D eigenvalue weighted by atomic mass is 35.5. The smallest absolute Gasteiger partial charge is 0.319 e. The summed E-state index contributed by atoms with van der Waals surface area (Å²) in [5, 5.41) is 12.1. The van der Waals surface area contributed by atoms with E-state index < -0.39 is 0 Å². The number of urea groups is 1. The standard InChI is InChI=1S/C26H29ClN4O3S/c1-2-17-7-11-19(12-8-17)28-26(33)31-22-6-4-3-5-21(22)30-25(32)23-16-35-24(29-23)15-34-20-13-9-18(27)10-14-20/h7-14,16,21-22H,2-6,15H2,1H3,(H,30,32)(H2,28,31,33)/t21-,22+/m1/s1. The van der Waals surface area contributed by atoms with Crippen LogP contribution in [0.5, 0.6) is 5.75 Å². The number of benzene rings is 2. The summed E-state index contributed by atoms with van der Waals surface area (Å²) in [4.78, 5) is 29.9. The third kappa shape index (κ3) is 7.19. The highest BCUT2D eigenvalue weighted by Crippen LogP contribution is 2.21. The average Bonchev–Trinajstić information content (AvgIpc) is 3.35. The zero-order chi connectivity index (χ0) is 24.6. The molecular weight excluding hydrogens is 484 g/mol. The molecule has 9 heteroatoms. The van der Waals surface area contributed by atoms with E-state index in [4.69, 9.17) is 16.3 Å². The Kier molecular flexibility index (Phi) is 8.60. The van der Waals surface area contributed by atoms with Crippen molar-refractivity contribution < 1.29 is 14.3 Å². The molecule has 1 aliphatic rings. The summed E-state index contributed by atoms with van der Waals surface area (Å²) in [7, 11) is 0. The van der Waals surface area contributed by atoms with E-state index in [1.54, 1.807) is 29.6 Å². The van der Waals surface area contributed by atoms with E-state index in [2.05, 4.69) is 27.9 Å². The Morgan fingerprint density at radius 3 is 2.40 bits per heavy atom. The Balaban J connectivity index is 1.29. The van der Waals surface area contributed by atoms with Crippen LogP contribution in [0.25, 0.3) is 0 Å². The Morgan fingerprint density at radius 2 is 1.71 bits per heavy atom. The Morgan fingerprint density at radius 1 is 1.03 bits per heavy atom. The van der Waals surface area contributed by atoms with E-state index in [-0.39, 0.29) is 30.6 Å². The SMILES string of the molecule is CCc1ccc(NC(=O)N[C@H]2CCCC[C@H]2NC(=O)c2csc(COc3ccc(Cl)cc3)n2)cc1. The second-order valence-corrected chi connectivity index (χ2v) is 9.87. The van der Waals surface area contributed by atoms with Gasteiger partial charge in [-0.2, -0.15) is 0 Å². The number of rotatable bonds is 8. The molecule has 1 saturated carbocycles. The number of ether oxygens (including phenoxy) is 1. The molecule has 3 amide bonds. The third-order valence-corrected chi connectivity index (χ3v) is 7.05. The monoisotopic (exact) mass is 512 g/mol. The number of hydrogen-bond acceptors (Lipinski definition) is 5. The van der Waals surface area contributed by atoms with Gasteiger partial charge in [0.05, 0.1) is 6.04 Å². The van der Waals surface area contributed by atoms with Crippen LogP contribution in [0.15, 0.2) is 53.9 Å². The molecule has 3 aromatic rings. The fourth-order valence-electron chi connectivity index (χ4n) is 4.04. The van der Waals surface area contributed by atoms with Gasteiger partial charge < -0.3 is 20.7 Å². The van der Waals surface area contributed by atoms with Crippen LogP contribution in [0.4, 0.5) is 10.5 Å². The van der Waals surface area contributed by atoms with Gasteiger partial charge in [0, 0.05) is 22.1 Å². The largest absolute Gasteiger partial charge is 0.486 e. The number of amides is 3. The van der Waals surface area contributed by atoms with Crippen molar-refractivity contribution in [3.8, 4) is 5.75 Å². The van der Waals surface area contributed by atoms with Gasteiger partial charge in [0.2, 0.25) is 0 Å². The van der Waals surface area contributed by atoms with Crippen molar-refractivity contribution in [1.29, 1.82) is 0 Å². The van der Waals surface area contributed by atoms with Crippen LogP contribution in [-0.4, -0.2) is 29.0 Å². The number of carbonyl (C=O) groups is 2. The van der Waals surface area contributed by atoms with Crippen molar-refractivity contribution in [1.82, 2.24) is 15.6 Å². The van der Waals surface area contributed by atoms with Crippen LogP contribution in [0.3, 0.4) is 0 Å². The summed E-state index contributed by atoms with van der Waals surface area (Å²) in [5.74, 6) is 0.444. The molecular formula is C26H29ClN4O3S. The van der Waals surface area contributed by atoms with Gasteiger partial charge in [-0.3, -0.25) is 4.79 Å². The first-order chi connectivity index (χ1) is 17.0. The molecule has 184 valence electrons. The van der Waals surface area contributed by atoms with Gasteiger partial charge in [0.25, 0.3) is 5.91 Å². The molecule has 3 N–H and O–H groups in total. The van der Waals surface area contributed by atoms with Crippen LogP contribution in [0, 0.1) is 0 Å². The first-order valence-corrected chi connectivity index (χ1v) is 13.1. The summed E-state index contributed by atoms with van der Waals surface area (Å²) in [6.45, 7) is 2.36. The summed E-state index contributed by atoms with van der Waals surface area (Å²) in [6.07, 6.45) is 4.57. The first kappa shape index (κ1) is 25.0. The summed E-state index contributed by atoms with van der Waals surface area (Å²) >= 11 is 7.27. The van der Waals surface area contributed by atoms with Crippen molar-refractivity contribution in [2.24, 2.45) is 0 Å². The molecule has 4 rings (SSSR count). The Bertz CT molecular complexity index is 1130. The van der Waals surface area contributed by atoms with E-state index in [0.717, 1.165) is 37.8 Å². The molecule has 0 spiro atoms. The third-order valence-electron chi connectivity index (χ3n) is 5.98. The molecule has 0 radical (unpaired) electrons. The zero-order valence-electron chi connectivity index (χ0n) is 19.6. The number of nitrogens with zero attached hydrogens (tertiary/aromatic N) is 1. The molecule has 1 aromatic heterocycles. The molecule has 0 saturated heterocycles. The number of anilines is 1. The molecule has 2 aromatic carbocycles. The number of halogens is 1. The maximum absolute atomic E-state index is 12.9. The highest BCUT2D eigenvalue weighted by Gasteiger charge is 2.28. The van der Waals surface area contributed by atoms with Crippen molar-refractivity contribution >= 4 is 40.6 Å². The van der Waals surface area contributed by atoms with Crippen LogP contribution < -0.4 is 20.7 Å². The lowest BCUT2D eigenvalue weighted by molar-refractivity contribution is 0.0911. The van der Waals surface area contributed by atoms with Gasteiger partial charge in [0.1, 0.15) is 23.1 Å². The number of hydrogen-bond donors (Lipinski definition) is 3. The molecule has 2 atom stereocenters. The van der Waals surface area contributed by atoms with Gasteiger partial charge in [-0.1, -0.05) is 43.5 Å². The van der Waals surface area contributed by atoms with Crippen LogP contribution >= 0.6 is 22.9 Å². The van der Waals surface area contributed by atoms with Crippen molar-refractivity contribution in [2.45, 2.75) is 57.7 Å². The average molecular weight is 513 g/mol. The van der Waals surface area contributed by atoms with Crippen molar-refractivity contribution in [3.63, 3.8) is 0 Å². The van der Waals surface area contributed by atoms with Gasteiger partial charge in [-0.25, -0.2) is 9.78 Å². The normalized spacial score (nSPS) is 17.4. The predicted molar refractivity (Wildman–Crippen MR) is 139 cm³/mol. The molecule has 1 fully saturated rings. The second kappa shape index (κ2) is 12.0. The number of aromatic nitrogens is 1. The van der Waals surface area contributed by atoms with E-state index in [1.807, 2.05) is 24.3 Å². The lowest BCUT2D eigenvalue weighted by Crippen LogP contribution is -2.54. The topological polar surface area (TPSA) is 92.4 Å². The van der Waals surface area contributed by atoms with Crippen molar-refractivity contribution in [3.05, 3.63) is 75.2 Å². The number of aryl methyl sites for hydroxylation is 1. The van der Waals surface area contributed by atoms with Crippen LogP contribution in [-0.2, 0) is 13.0 Å². The van der Waals surface area contributed by atoms with E-state index in [1.165, 1.54) is 16.9 Å². The molecule has 1 heterocycles. The molecule has 0 unspecified atom stereocenters. The molecule has 0 bridgehead atoms. The van der Waals surface area contributed by atoms with E-state index >= 15 is 0 Å². The maximum atomic E-state index is 12.9. The van der Waals surface area contributed by atoms with Crippen LogP contribution in [0.1, 0.15) is 53.7 Å². The molecule has 1 aliphatic carbocycles. The summed E-state index contributed by atoms with van der Waals surface area (Å²) in [6, 6.07) is 14.3. The maximum Gasteiger partial charge on any atom is 0.319 e. The van der Waals surface area contributed by atoms with Crippen molar-refractivity contribution in [2.75, 3.05) is 5.32 Å². The fraction of sp³-hybridized carbons (Fsp3) is 0.346. The molecule has 35 heavy (non-hydrogen) atoms. The lowest BCUT2D eigenvalue weighted by atomic mass is 9.90. The summed E-state index contributed by atoms with van der Waals surface area (Å²) in [5.41, 5.74) is 2.31. The van der Waals surface area contributed by atoms with Gasteiger partial charge in [-0.15, -0.1) is 11.3 Å². The van der Waals surface area contributed by atoms with Gasteiger partial charge in [0.15, 0.2) is 0 Å². The number of carbonyl (C=O) groups excluding carboxylic acids is 2. The Hall–Kier alpha value is -3.10. The fourth-order valence-corrected chi connectivity index (χ4v) is 4.85. The minimum Gasteiger partial charge on any atom is -0.486 e. The Labute approximate surface area is 214 Å². The van der Waals surface area contributed by atoms with Crippen LogP contribution in [0.2, 0.25) is 5.02 Å². The van der Waals surface area contributed by atoms with E-state index in [9.17, 15) is 9.59 Å². The quantitative estimate of drug-likeness (QED) is 0.355. The van der Waals surface area contributed by atoms with Gasteiger partial charge >= 0.3 is 6.03 Å². The van der Waals surface area contributed by atoms with E-state index in [0.29, 0.717) is 21.5 Å². The minimum atomic E-state index is -0.268. The lowest BCUT2D eigenvalue weighted by Gasteiger charge is -2.32. The minimum absolute atomic E-state index is 0.144. The molecule has 7 nitrogen and oxygen atoms in total. The summed E-state index contributed by atoms with van der Waals surface area (Å²) < 4.78 is 5.72. The predicted octanol–water partition coefficient (Wildman–Crippen LogP) is 5.80.